The molecule has 7 nitrogen and oxygen atoms in total. The Labute approximate surface area is 159 Å². The van der Waals surface area contributed by atoms with Crippen LogP contribution in [0.2, 0.25) is 0 Å². The van der Waals surface area contributed by atoms with Crippen molar-refractivity contribution in [1.82, 2.24) is 9.62 Å². The van der Waals surface area contributed by atoms with Gasteiger partial charge in [-0.3, -0.25) is 9.59 Å². The molecule has 0 bridgehead atoms. The lowest BCUT2D eigenvalue weighted by Crippen LogP contribution is -2.35. The molecule has 3 aliphatic rings. The van der Waals surface area contributed by atoms with E-state index < -0.39 is 10.0 Å². The average molecular weight is 391 g/mol. The third kappa shape index (κ3) is 4.16. The van der Waals surface area contributed by atoms with Crippen molar-refractivity contribution >= 4 is 27.5 Å². The number of carbonyl (C=O) groups is 2. The predicted octanol–water partition coefficient (Wildman–Crippen LogP) is 1.86. The number of amides is 2. The first-order valence-corrected chi connectivity index (χ1v) is 11.1. The average Bonchev–Trinajstić information content (AvgIpc) is 3.11. The minimum atomic E-state index is -3.57. The van der Waals surface area contributed by atoms with E-state index in [-0.39, 0.29) is 41.1 Å². The first kappa shape index (κ1) is 18.4. The molecule has 0 radical (unpaired) electrons. The van der Waals surface area contributed by atoms with Crippen LogP contribution in [0, 0.1) is 5.92 Å². The summed E-state index contributed by atoms with van der Waals surface area (Å²) in [5.74, 6) is -0.566. The first-order chi connectivity index (χ1) is 12.9. The van der Waals surface area contributed by atoms with Crippen LogP contribution in [0.15, 0.2) is 29.2 Å². The summed E-state index contributed by atoms with van der Waals surface area (Å²) in [6, 6.07) is 6.56. The van der Waals surface area contributed by atoms with Crippen molar-refractivity contribution in [2.45, 2.75) is 61.9 Å². The standard InChI is InChI=1S/C19H25N3O4S/c23-18-10-13(12-22(18)16-5-1-2-6-16)19(24)20-15-4-3-7-17(11-15)27(25,26)21-14-8-9-14/h3-4,7,11,13-14,16,21H,1-2,5-6,8-10,12H2,(H,20,24). The highest BCUT2D eigenvalue weighted by Gasteiger charge is 2.38. The molecule has 2 saturated carbocycles. The Kier molecular flexibility index (Phi) is 4.94. The number of nitrogens with zero attached hydrogens (tertiary/aromatic N) is 1. The summed E-state index contributed by atoms with van der Waals surface area (Å²) in [6.45, 7) is 0.455. The van der Waals surface area contributed by atoms with Crippen molar-refractivity contribution in [3.8, 4) is 0 Å². The van der Waals surface area contributed by atoms with E-state index in [0.29, 0.717) is 12.2 Å². The molecule has 146 valence electrons. The molecule has 3 fully saturated rings. The van der Waals surface area contributed by atoms with E-state index in [9.17, 15) is 18.0 Å². The van der Waals surface area contributed by atoms with Crippen LogP contribution in [-0.4, -0.2) is 43.8 Å². The summed E-state index contributed by atoms with van der Waals surface area (Å²) in [4.78, 5) is 26.9. The molecule has 1 aliphatic heterocycles. The highest BCUT2D eigenvalue weighted by molar-refractivity contribution is 7.89. The lowest BCUT2D eigenvalue weighted by Gasteiger charge is -2.23. The molecule has 0 spiro atoms. The molecule has 1 aromatic carbocycles. The largest absolute Gasteiger partial charge is 0.339 e. The Morgan fingerprint density at radius 1 is 1.11 bits per heavy atom. The van der Waals surface area contributed by atoms with Crippen LogP contribution in [0.4, 0.5) is 5.69 Å². The van der Waals surface area contributed by atoms with Crippen LogP contribution in [0.25, 0.3) is 0 Å². The van der Waals surface area contributed by atoms with Crippen molar-refractivity contribution in [2.75, 3.05) is 11.9 Å². The van der Waals surface area contributed by atoms with E-state index in [1.165, 1.54) is 12.1 Å². The highest BCUT2D eigenvalue weighted by atomic mass is 32.2. The van der Waals surface area contributed by atoms with E-state index in [4.69, 9.17) is 0 Å². The number of hydrogen-bond acceptors (Lipinski definition) is 4. The van der Waals surface area contributed by atoms with Crippen LogP contribution in [-0.2, 0) is 19.6 Å². The summed E-state index contributed by atoms with van der Waals surface area (Å²) in [5.41, 5.74) is 0.436. The number of benzene rings is 1. The lowest BCUT2D eigenvalue weighted by atomic mass is 10.1. The molecule has 4 rings (SSSR count). The Morgan fingerprint density at radius 3 is 2.56 bits per heavy atom. The zero-order chi connectivity index (χ0) is 19.0. The van der Waals surface area contributed by atoms with E-state index in [1.807, 2.05) is 4.90 Å². The van der Waals surface area contributed by atoms with Crippen molar-refractivity contribution in [1.29, 1.82) is 0 Å². The molecule has 2 N–H and O–H groups in total. The summed E-state index contributed by atoms with van der Waals surface area (Å²) in [7, 11) is -3.57. The monoisotopic (exact) mass is 391 g/mol. The van der Waals surface area contributed by atoms with Gasteiger partial charge in [-0.1, -0.05) is 18.9 Å². The van der Waals surface area contributed by atoms with Gasteiger partial charge in [0.15, 0.2) is 0 Å². The molecular formula is C19H25N3O4S. The molecular weight excluding hydrogens is 366 g/mol. The topological polar surface area (TPSA) is 95.6 Å². The van der Waals surface area contributed by atoms with E-state index in [1.54, 1.807) is 12.1 Å². The van der Waals surface area contributed by atoms with Crippen molar-refractivity contribution in [3.05, 3.63) is 24.3 Å². The van der Waals surface area contributed by atoms with Gasteiger partial charge in [0.1, 0.15) is 0 Å². The fraction of sp³-hybridized carbons (Fsp3) is 0.579. The quantitative estimate of drug-likeness (QED) is 0.774. The maximum Gasteiger partial charge on any atom is 0.240 e. The zero-order valence-electron chi connectivity index (χ0n) is 15.2. The second-order valence-corrected chi connectivity index (χ2v) is 9.51. The fourth-order valence-corrected chi connectivity index (χ4v) is 5.30. The van der Waals surface area contributed by atoms with Gasteiger partial charge in [-0.2, -0.15) is 0 Å². The third-order valence-corrected chi connectivity index (χ3v) is 7.12. The summed E-state index contributed by atoms with van der Waals surface area (Å²) >= 11 is 0. The minimum Gasteiger partial charge on any atom is -0.339 e. The van der Waals surface area contributed by atoms with Crippen LogP contribution >= 0.6 is 0 Å². The summed E-state index contributed by atoms with van der Waals surface area (Å²) < 4.78 is 27.3. The molecule has 8 heteroatoms. The number of carbonyl (C=O) groups excluding carboxylic acids is 2. The molecule has 2 amide bonds. The minimum absolute atomic E-state index is 0.0271. The Hall–Kier alpha value is -1.93. The van der Waals surface area contributed by atoms with E-state index >= 15 is 0 Å². The van der Waals surface area contributed by atoms with Crippen molar-refractivity contribution in [2.24, 2.45) is 5.92 Å². The maximum absolute atomic E-state index is 12.6. The van der Waals surface area contributed by atoms with Gasteiger partial charge in [0.05, 0.1) is 10.8 Å². The van der Waals surface area contributed by atoms with Crippen LogP contribution in [0.1, 0.15) is 44.9 Å². The van der Waals surface area contributed by atoms with Gasteiger partial charge in [-0.25, -0.2) is 13.1 Å². The fourth-order valence-electron chi connectivity index (χ4n) is 3.95. The Bertz CT molecular complexity index is 844. The zero-order valence-corrected chi connectivity index (χ0v) is 16.0. The predicted molar refractivity (Wildman–Crippen MR) is 100 cm³/mol. The van der Waals surface area contributed by atoms with Gasteiger partial charge in [-0.05, 0) is 43.9 Å². The van der Waals surface area contributed by atoms with Gasteiger partial charge in [-0.15, -0.1) is 0 Å². The van der Waals surface area contributed by atoms with Crippen LogP contribution < -0.4 is 10.0 Å². The van der Waals surface area contributed by atoms with Crippen LogP contribution in [0.5, 0.6) is 0 Å². The summed E-state index contributed by atoms with van der Waals surface area (Å²) in [6.07, 6.45) is 6.28. The molecule has 1 saturated heterocycles. The van der Waals surface area contributed by atoms with Gasteiger partial charge < -0.3 is 10.2 Å². The van der Waals surface area contributed by atoms with Gasteiger partial charge in [0.2, 0.25) is 21.8 Å². The number of rotatable bonds is 6. The number of likely N-dealkylation sites (tertiary alicyclic amines) is 1. The molecule has 2 aliphatic carbocycles. The van der Waals surface area contributed by atoms with Crippen molar-refractivity contribution < 1.29 is 18.0 Å². The van der Waals surface area contributed by atoms with Crippen molar-refractivity contribution in [3.63, 3.8) is 0 Å². The first-order valence-electron chi connectivity index (χ1n) is 9.65. The molecule has 0 aromatic heterocycles. The molecule has 1 atom stereocenters. The van der Waals surface area contributed by atoms with Crippen LogP contribution in [0.3, 0.4) is 0 Å². The highest BCUT2D eigenvalue weighted by Crippen LogP contribution is 2.30. The molecule has 1 aromatic rings. The SMILES string of the molecule is O=C(Nc1cccc(S(=O)(=O)NC2CC2)c1)C1CC(=O)N(C2CCCC2)C1. The van der Waals surface area contributed by atoms with Gasteiger partial charge >= 0.3 is 0 Å². The number of sulfonamides is 1. The summed E-state index contributed by atoms with van der Waals surface area (Å²) in [5, 5.41) is 2.79. The van der Waals surface area contributed by atoms with Gasteiger partial charge in [0, 0.05) is 30.7 Å². The maximum atomic E-state index is 12.6. The van der Waals surface area contributed by atoms with E-state index in [2.05, 4.69) is 10.0 Å². The second-order valence-electron chi connectivity index (χ2n) is 7.80. The van der Waals surface area contributed by atoms with Gasteiger partial charge in [0.25, 0.3) is 0 Å². The number of nitrogens with one attached hydrogen (secondary N) is 2. The lowest BCUT2D eigenvalue weighted by molar-refractivity contribution is -0.129. The third-order valence-electron chi connectivity index (χ3n) is 5.61. The molecule has 1 unspecified atom stereocenters. The number of anilines is 1. The Balaban J connectivity index is 1.41. The smallest absolute Gasteiger partial charge is 0.240 e. The normalized spacial score (nSPS) is 23.8. The number of hydrogen-bond donors (Lipinski definition) is 2. The van der Waals surface area contributed by atoms with E-state index in [0.717, 1.165) is 38.5 Å². The molecule has 1 heterocycles. The second kappa shape index (κ2) is 7.24. The Morgan fingerprint density at radius 2 is 1.85 bits per heavy atom. The molecule has 27 heavy (non-hydrogen) atoms.